The summed E-state index contributed by atoms with van der Waals surface area (Å²) in [6, 6.07) is 3.17. The fourth-order valence-electron chi connectivity index (χ4n) is 1.43. The molecule has 0 saturated carbocycles. The van der Waals surface area contributed by atoms with E-state index in [1.807, 2.05) is 0 Å². The van der Waals surface area contributed by atoms with Crippen LogP contribution in [0.1, 0.15) is 12.5 Å². The topological polar surface area (TPSA) is 82.2 Å². The molecule has 1 atom stereocenters. The molecule has 0 aromatic heterocycles. The van der Waals surface area contributed by atoms with E-state index in [4.69, 9.17) is 11.1 Å². The number of likely N-dealkylation sites (N-methyl/N-ethyl adjacent to an activating group) is 1. The second kappa shape index (κ2) is 5.81. The Morgan fingerprint density at radius 2 is 1.95 bits per heavy atom. The molecule has 1 aromatic rings. The van der Waals surface area contributed by atoms with Crippen molar-refractivity contribution in [2.45, 2.75) is 19.1 Å². The third-order valence-corrected chi connectivity index (χ3v) is 2.83. The van der Waals surface area contributed by atoms with Crippen molar-refractivity contribution in [3.63, 3.8) is 0 Å². The highest BCUT2D eigenvalue weighted by molar-refractivity contribution is 5.94. The van der Waals surface area contributed by atoms with E-state index >= 15 is 0 Å². The number of anilines is 1. The number of nitrogens with one attached hydrogen (secondary N) is 2. The highest BCUT2D eigenvalue weighted by Crippen LogP contribution is 2.34. The van der Waals surface area contributed by atoms with Crippen LogP contribution in [-0.2, 0) is 6.18 Å². The van der Waals surface area contributed by atoms with Gasteiger partial charge >= 0.3 is 12.2 Å². The lowest BCUT2D eigenvalue weighted by Crippen LogP contribution is -2.45. The third-order valence-electron chi connectivity index (χ3n) is 2.83. The number of nitrogens with zero attached hydrogens (tertiary/aromatic N) is 1. The fraction of sp³-hybridized carbons (Fsp3) is 0.333. The van der Waals surface area contributed by atoms with Gasteiger partial charge in [-0.1, -0.05) is 12.1 Å². The molecule has 110 valence electrons. The van der Waals surface area contributed by atoms with Crippen LogP contribution in [-0.4, -0.2) is 29.9 Å². The van der Waals surface area contributed by atoms with Gasteiger partial charge in [0, 0.05) is 7.05 Å². The molecule has 1 unspecified atom stereocenters. The summed E-state index contributed by atoms with van der Waals surface area (Å²) in [5.74, 6) is -0.258. The number of benzene rings is 1. The summed E-state index contributed by atoms with van der Waals surface area (Å²) in [6.45, 7) is 1.50. The average Bonchev–Trinajstić information content (AvgIpc) is 2.36. The van der Waals surface area contributed by atoms with Gasteiger partial charge in [-0.05, 0) is 19.1 Å². The fourth-order valence-corrected chi connectivity index (χ4v) is 1.43. The third kappa shape index (κ3) is 3.62. The molecule has 1 rings (SSSR count). The zero-order valence-electron chi connectivity index (χ0n) is 11.0. The van der Waals surface area contributed by atoms with E-state index < -0.39 is 23.8 Å². The molecule has 5 nitrogen and oxygen atoms in total. The zero-order valence-corrected chi connectivity index (χ0v) is 11.0. The molecule has 0 bridgehead atoms. The molecule has 0 spiro atoms. The SMILES string of the molecule is CC(C(=N)N)N(C)C(=O)Nc1ccccc1C(F)(F)F. The van der Waals surface area contributed by atoms with Gasteiger partial charge in [-0.2, -0.15) is 13.2 Å². The van der Waals surface area contributed by atoms with Gasteiger partial charge < -0.3 is 16.0 Å². The molecule has 4 N–H and O–H groups in total. The van der Waals surface area contributed by atoms with Crippen LogP contribution in [0.3, 0.4) is 0 Å². The number of hydrogen-bond acceptors (Lipinski definition) is 2. The minimum Gasteiger partial charge on any atom is -0.386 e. The van der Waals surface area contributed by atoms with E-state index in [0.717, 1.165) is 17.0 Å². The van der Waals surface area contributed by atoms with Gasteiger partial charge in [0.25, 0.3) is 0 Å². The Kier molecular flexibility index (Phi) is 4.59. The number of amides is 2. The summed E-state index contributed by atoms with van der Waals surface area (Å²) >= 11 is 0. The summed E-state index contributed by atoms with van der Waals surface area (Å²) in [6.07, 6.45) is -4.56. The van der Waals surface area contributed by atoms with Crippen LogP contribution < -0.4 is 11.1 Å². The summed E-state index contributed by atoms with van der Waals surface area (Å²) in [4.78, 5) is 12.9. The van der Waals surface area contributed by atoms with E-state index in [1.54, 1.807) is 0 Å². The minimum absolute atomic E-state index is 0.258. The maximum Gasteiger partial charge on any atom is 0.418 e. The van der Waals surface area contributed by atoms with Gasteiger partial charge in [0.15, 0.2) is 0 Å². The first-order valence-corrected chi connectivity index (χ1v) is 5.68. The second-order valence-electron chi connectivity index (χ2n) is 4.22. The molecule has 20 heavy (non-hydrogen) atoms. The largest absolute Gasteiger partial charge is 0.418 e. The molecule has 0 heterocycles. The van der Waals surface area contributed by atoms with E-state index in [2.05, 4.69) is 5.32 Å². The van der Waals surface area contributed by atoms with Crippen molar-refractivity contribution in [3.05, 3.63) is 29.8 Å². The summed E-state index contributed by atoms with van der Waals surface area (Å²) in [7, 11) is 1.34. The number of urea groups is 1. The van der Waals surface area contributed by atoms with Crippen molar-refractivity contribution in [3.8, 4) is 0 Å². The smallest absolute Gasteiger partial charge is 0.386 e. The molecule has 0 aliphatic rings. The monoisotopic (exact) mass is 288 g/mol. The molecule has 1 aromatic carbocycles. The number of carbonyl (C=O) groups is 1. The van der Waals surface area contributed by atoms with Gasteiger partial charge in [0.05, 0.1) is 17.3 Å². The average molecular weight is 288 g/mol. The van der Waals surface area contributed by atoms with Crippen molar-refractivity contribution in [1.29, 1.82) is 5.41 Å². The lowest BCUT2D eigenvalue weighted by atomic mass is 10.1. The maximum atomic E-state index is 12.8. The molecule has 0 saturated heterocycles. The Hall–Kier alpha value is -2.25. The van der Waals surface area contributed by atoms with Crippen LogP contribution in [0.25, 0.3) is 0 Å². The number of nitrogens with two attached hydrogens (primary N) is 1. The molecule has 8 heteroatoms. The van der Waals surface area contributed by atoms with Gasteiger partial charge in [-0.15, -0.1) is 0 Å². The summed E-state index contributed by atoms with van der Waals surface area (Å²) in [5.41, 5.74) is 3.98. The predicted octanol–water partition coefficient (Wildman–Crippen LogP) is 2.49. The van der Waals surface area contributed by atoms with Crippen LogP contribution >= 0.6 is 0 Å². The molecule has 0 aliphatic carbocycles. The molecule has 0 fully saturated rings. The van der Waals surface area contributed by atoms with E-state index in [-0.39, 0.29) is 11.5 Å². The van der Waals surface area contributed by atoms with Crippen molar-refractivity contribution in [2.75, 3.05) is 12.4 Å². The Morgan fingerprint density at radius 3 is 2.45 bits per heavy atom. The first-order chi connectivity index (χ1) is 9.14. The van der Waals surface area contributed by atoms with Crippen LogP contribution in [0.15, 0.2) is 24.3 Å². The highest BCUT2D eigenvalue weighted by atomic mass is 19.4. The van der Waals surface area contributed by atoms with Crippen molar-refractivity contribution in [2.24, 2.45) is 5.73 Å². The molecule has 0 aliphatic heterocycles. The number of halogens is 3. The normalized spacial score (nSPS) is 12.7. The van der Waals surface area contributed by atoms with E-state index in [1.165, 1.54) is 26.1 Å². The Bertz CT molecular complexity index is 516. The molecule has 0 radical (unpaired) electrons. The first kappa shape index (κ1) is 15.8. The summed E-state index contributed by atoms with van der Waals surface area (Å²) in [5, 5.41) is 9.39. The molecular formula is C12H15F3N4O. The van der Waals surface area contributed by atoms with Gasteiger partial charge in [0.2, 0.25) is 0 Å². The quantitative estimate of drug-likeness (QED) is 0.590. The van der Waals surface area contributed by atoms with Crippen LogP contribution in [0.4, 0.5) is 23.7 Å². The zero-order chi connectivity index (χ0) is 15.5. The Labute approximate surface area is 114 Å². The molecular weight excluding hydrogens is 273 g/mol. The van der Waals surface area contributed by atoms with Crippen molar-refractivity contribution >= 4 is 17.6 Å². The minimum atomic E-state index is -4.56. The standard InChI is InChI=1S/C12H15F3N4O/c1-7(10(16)17)19(2)11(20)18-9-6-4-3-5-8(9)12(13,14)15/h3-7H,1-2H3,(H3,16,17)(H,18,20). The number of alkyl halides is 3. The van der Waals surface area contributed by atoms with Gasteiger partial charge in [0.1, 0.15) is 5.84 Å². The van der Waals surface area contributed by atoms with Crippen LogP contribution in [0, 0.1) is 5.41 Å². The maximum absolute atomic E-state index is 12.8. The highest BCUT2D eigenvalue weighted by Gasteiger charge is 2.34. The van der Waals surface area contributed by atoms with E-state index in [0.29, 0.717) is 0 Å². The number of rotatable bonds is 3. The Balaban J connectivity index is 2.95. The lowest BCUT2D eigenvalue weighted by Gasteiger charge is -2.24. The summed E-state index contributed by atoms with van der Waals surface area (Å²) < 4.78 is 38.3. The second-order valence-corrected chi connectivity index (χ2v) is 4.22. The molecule has 2 amide bonds. The number of hydrogen-bond donors (Lipinski definition) is 3. The predicted molar refractivity (Wildman–Crippen MR) is 69.6 cm³/mol. The Morgan fingerprint density at radius 1 is 1.40 bits per heavy atom. The van der Waals surface area contributed by atoms with Gasteiger partial charge in [-0.3, -0.25) is 5.41 Å². The number of amidine groups is 1. The number of carbonyl (C=O) groups excluding carboxylic acids is 1. The van der Waals surface area contributed by atoms with Gasteiger partial charge in [-0.25, -0.2) is 4.79 Å². The lowest BCUT2D eigenvalue weighted by molar-refractivity contribution is -0.136. The van der Waals surface area contributed by atoms with Crippen molar-refractivity contribution in [1.82, 2.24) is 4.90 Å². The van der Waals surface area contributed by atoms with Crippen LogP contribution in [0.2, 0.25) is 0 Å². The van der Waals surface area contributed by atoms with Crippen molar-refractivity contribution < 1.29 is 18.0 Å². The van der Waals surface area contributed by atoms with E-state index in [9.17, 15) is 18.0 Å². The first-order valence-electron chi connectivity index (χ1n) is 5.68. The number of para-hydroxylation sites is 1. The van der Waals surface area contributed by atoms with Crippen LogP contribution in [0.5, 0.6) is 0 Å².